The summed E-state index contributed by atoms with van der Waals surface area (Å²) in [6.07, 6.45) is 3.19. The van der Waals surface area contributed by atoms with E-state index in [1.165, 1.54) is 6.33 Å². The van der Waals surface area contributed by atoms with Gasteiger partial charge in [-0.25, -0.2) is 4.98 Å². The maximum Gasteiger partial charge on any atom is 0.242 e. The summed E-state index contributed by atoms with van der Waals surface area (Å²) in [7, 11) is 0. The summed E-state index contributed by atoms with van der Waals surface area (Å²) in [6, 6.07) is 0. The largest absolute Gasteiger partial charge is 0.473 e. The number of aliphatic hydroxyl groups excluding tert-OH is 1. The molecule has 0 spiro atoms. The first-order valence-electron chi connectivity index (χ1n) is 7.10. The zero-order chi connectivity index (χ0) is 15.2. The molecule has 0 aromatic carbocycles. The summed E-state index contributed by atoms with van der Waals surface area (Å²) in [5.74, 6) is 0.940. The minimum Gasteiger partial charge on any atom is -0.473 e. The Morgan fingerprint density at radius 1 is 1.35 bits per heavy atom. The van der Waals surface area contributed by atoms with Crippen LogP contribution < -0.4 is 15.8 Å². The number of aliphatic hydroxyl groups is 1. The summed E-state index contributed by atoms with van der Waals surface area (Å²) in [6.45, 7) is 8.71. The van der Waals surface area contributed by atoms with Crippen LogP contribution in [0.4, 0.5) is 11.5 Å². The Kier molecular flexibility index (Phi) is 6.01. The molecule has 1 rings (SSSR count). The normalized spacial score (nSPS) is 11.7. The van der Waals surface area contributed by atoms with Crippen molar-refractivity contribution >= 4 is 11.5 Å². The van der Waals surface area contributed by atoms with Crippen LogP contribution in [0.1, 0.15) is 40.5 Å². The van der Waals surface area contributed by atoms with Gasteiger partial charge in [-0.15, -0.1) is 0 Å². The maximum atomic E-state index is 9.57. The molecule has 0 atom stereocenters. The number of nitrogens with zero attached hydrogens (tertiary/aromatic N) is 2. The van der Waals surface area contributed by atoms with Gasteiger partial charge in [0, 0.05) is 12.0 Å². The molecular weight excluding hydrogens is 256 g/mol. The van der Waals surface area contributed by atoms with E-state index in [1.54, 1.807) is 0 Å². The maximum absolute atomic E-state index is 9.57. The van der Waals surface area contributed by atoms with Crippen LogP contribution in [0.25, 0.3) is 0 Å². The number of ether oxygens (including phenoxy) is 1. The molecule has 0 amide bonds. The Balaban J connectivity index is 2.83. The van der Waals surface area contributed by atoms with Crippen molar-refractivity contribution in [2.24, 2.45) is 5.41 Å². The second-order valence-electron chi connectivity index (χ2n) is 5.33. The second-order valence-corrected chi connectivity index (χ2v) is 5.33. The van der Waals surface area contributed by atoms with Crippen molar-refractivity contribution in [1.82, 2.24) is 9.97 Å². The van der Waals surface area contributed by atoms with Crippen LogP contribution in [0.5, 0.6) is 5.88 Å². The van der Waals surface area contributed by atoms with Crippen molar-refractivity contribution in [3.63, 3.8) is 0 Å². The number of rotatable bonds is 8. The van der Waals surface area contributed by atoms with Crippen molar-refractivity contribution in [1.29, 1.82) is 0 Å². The van der Waals surface area contributed by atoms with Crippen molar-refractivity contribution < 1.29 is 9.84 Å². The quantitative estimate of drug-likeness (QED) is 0.675. The summed E-state index contributed by atoms with van der Waals surface area (Å²) < 4.78 is 5.53. The first kappa shape index (κ1) is 16.5. The molecule has 20 heavy (non-hydrogen) atoms. The van der Waals surface area contributed by atoms with Crippen molar-refractivity contribution in [3.8, 4) is 5.88 Å². The molecule has 1 heterocycles. The molecule has 0 aliphatic rings. The number of nitrogen functional groups attached to an aromatic ring is 1. The van der Waals surface area contributed by atoms with Gasteiger partial charge < -0.3 is 20.9 Å². The first-order valence-corrected chi connectivity index (χ1v) is 7.10. The number of anilines is 2. The monoisotopic (exact) mass is 282 g/mol. The Labute approximate surface area is 120 Å². The standard InChI is InChI=1S/C14H26N4O2/c1-5-14(6-2,8-19)7-16-12-11(15)13(18-9-17-12)20-10(3)4/h9-10,19H,5-8,15H2,1-4H3,(H,16,17,18). The highest BCUT2D eigenvalue weighted by Crippen LogP contribution is 2.29. The van der Waals surface area contributed by atoms with Crippen molar-refractivity contribution in [2.75, 3.05) is 24.2 Å². The minimum atomic E-state index is -0.156. The van der Waals surface area contributed by atoms with E-state index in [9.17, 15) is 5.11 Å². The van der Waals surface area contributed by atoms with E-state index in [2.05, 4.69) is 29.1 Å². The molecule has 0 unspecified atom stereocenters. The zero-order valence-electron chi connectivity index (χ0n) is 12.8. The molecule has 6 heteroatoms. The number of nitrogens with one attached hydrogen (secondary N) is 1. The first-order chi connectivity index (χ1) is 9.48. The second kappa shape index (κ2) is 7.28. The van der Waals surface area contributed by atoms with E-state index >= 15 is 0 Å². The third kappa shape index (κ3) is 3.96. The third-order valence-corrected chi connectivity index (χ3v) is 3.66. The van der Waals surface area contributed by atoms with E-state index in [1.807, 2.05) is 13.8 Å². The molecule has 0 fully saturated rings. The van der Waals surface area contributed by atoms with Gasteiger partial charge in [-0.1, -0.05) is 13.8 Å². The zero-order valence-corrected chi connectivity index (χ0v) is 12.8. The van der Waals surface area contributed by atoms with Crippen LogP contribution in [0, 0.1) is 5.41 Å². The molecule has 1 aromatic rings. The van der Waals surface area contributed by atoms with Gasteiger partial charge >= 0.3 is 0 Å². The highest BCUT2D eigenvalue weighted by molar-refractivity contribution is 5.66. The van der Waals surface area contributed by atoms with Gasteiger partial charge in [0.15, 0.2) is 5.82 Å². The van der Waals surface area contributed by atoms with Crippen LogP contribution >= 0.6 is 0 Å². The lowest BCUT2D eigenvalue weighted by molar-refractivity contribution is 0.127. The molecule has 0 radical (unpaired) electrons. The average molecular weight is 282 g/mol. The van der Waals surface area contributed by atoms with Crippen molar-refractivity contribution in [3.05, 3.63) is 6.33 Å². The van der Waals surface area contributed by atoms with Crippen molar-refractivity contribution in [2.45, 2.75) is 46.6 Å². The summed E-state index contributed by atoms with van der Waals surface area (Å²) in [5, 5.41) is 12.8. The van der Waals surface area contributed by atoms with Crippen LogP contribution in [0.3, 0.4) is 0 Å². The Morgan fingerprint density at radius 2 is 2.00 bits per heavy atom. The van der Waals surface area contributed by atoms with Crippen LogP contribution in [0.2, 0.25) is 0 Å². The molecule has 6 nitrogen and oxygen atoms in total. The van der Waals surface area contributed by atoms with Crippen LogP contribution in [-0.2, 0) is 0 Å². The predicted molar refractivity (Wildman–Crippen MR) is 80.8 cm³/mol. The Hall–Kier alpha value is -1.56. The highest BCUT2D eigenvalue weighted by atomic mass is 16.5. The average Bonchev–Trinajstić information content (AvgIpc) is 2.44. The van der Waals surface area contributed by atoms with Crippen LogP contribution in [-0.4, -0.2) is 34.3 Å². The number of nitrogens with two attached hydrogens (primary N) is 1. The number of aromatic nitrogens is 2. The third-order valence-electron chi connectivity index (χ3n) is 3.66. The fourth-order valence-corrected chi connectivity index (χ4v) is 1.89. The smallest absolute Gasteiger partial charge is 0.242 e. The number of hydrogen-bond acceptors (Lipinski definition) is 6. The molecule has 1 aromatic heterocycles. The number of hydrogen-bond donors (Lipinski definition) is 3. The van der Waals surface area contributed by atoms with E-state index in [4.69, 9.17) is 10.5 Å². The van der Waals surface area contributed by atoms with E-state index in [-0.39, 0.29) is 18.1 Å². The van der Waals surface area contributed by atoms with Gasteiger partial charge in [0.2, 0.25) is 5.88 Å². The molecule has 4 N–H and O–H groups in total. The Morgan fingerprint density at radius 3 is 2.50 bits per heavy atom. The lowest BCUT2D eigenvalue weighted by Crippen LogP contribution is -2.32. The molecule has 0 saturated heterocycles. The summed E-state index contributed by atoms with van der Waals surface area (Å²) in [4.78, 5) is 8.18. The minimum absolute atomic E-state index is 0.00265. The fourth-order valence-electron chi connectivity index (χ4n) is 1.89. The van der Waals surface area contributed by atoms with Gasteiger partial charge in [0.25, 0.3) is 0 Å². The molecular formula is C14H26N4O2. The van der Waals surface area contributed by atoms with Crippen LogP contribution in [0.15, 0.2) is 6.33 Å². The van der Waals surface area contributed by atoms with Gasteiger partial charge in [-0.05, 0) is 26.7 Å². The van der Waals surface area contributed by atoms with E-state index in [0.29, 0.717) is 23.9 Å². The topological polar surface area (TPSA) is 93.3 Å². The van der Waals surface area contributed by atoms with E-state index < -0.39 is 0 Å². The molecule has 0 aliphatic heterocycles. The SMILES string of the molecule is CCC(CC)(CO)CNc1ncnc(OC(C)C)c1N. The molecule has 0 saturated carbocycles. The molecule has 0 aliphatic carbocycles. The highest BCUT2D eigenvalue weighted by Gasteiger charge is 2.25. The van der Waals surface area contributed by atoms with Gasteiger partial charge in [-0.2, -0.15) is 4.98 Å². The summed E-state index contributed by atoms with van der Waals surface area (Å²) in [5.41, 5.74) is 6.26. The van der Waals surface area contributed by atoms with Gasteiger partial charge in [0.1, 0.15) is 12.0 Å². The predicted octanol–water partition coefficient (Wildman–Crippen LogP) is 2.06. The lowest BCUT2D eigenvalue weighted by atomic mass is 9.83. The summed E-state index contributed by atoms with van der Waals surface area (Å²) >= 11 is 0. The Bertz CT molecular complexity index is 411. The van der Waals surface area contributed by atoms with Gasteiger partial charge in [-0.3, -0.25) is 0 Å². The van der Waals surface area contributed by atoms with E-state index in [0.717, 1.165) is 12.8 Å². The lowest BCUT2D eigenvalue weighted by Gasteiger charge is -2.30. The molecule has 0 bridgehead atoms. The molecule has 114 valence electrons. The van der Waals surface area contributed by atoms with Gasteiger partial charge in [0.05, 0.1) is 12.7 Å². The fraction of sp³-hybridized carbons (Fsp3) is 0.714.